The number of nitrogens with one attached hydrogen (secondary N) is 3. The molecule has 134 valence electrons. The van der Waals surface area contributed by atoms with Gasteiger partial charge in [-0.25, -0.2) is 13.1 Å². The first-order valence-electron chi connectivity index (χ1n) is 8.01. The normalized spacial score (nSPS) is 11.2. The van der Waals surface area contributed by atoms with Crippen molar-refractivity contribution in [3.05, 3.63) is 54.4 Å². The number of aromatic nitrogens is 1. The number of para-hydroxylation sites is 1. The van der Waals surface area contributed by atoms with Crippen molar-refractivity contribution in [2.45, 2.75) is 24.8 Å². The second-order valence-corrected chi connectivity index (χ2v) is 7.09. The monoisotopic (exact) mass is 362 g/mol. The van der Waals surface area contributed by atoms with Gasteiger partial charge in [-0.15, -0.1) is 0 Å². The molecule has 0 saturated heterocycles. The Morgan fingerprint density at radius 1 is 1.16 bits per heavy atom. The fourth-order valence-electron chi connectivity index (χ4n) is 2.16. The molecule has 0 aliphatic rings. The van der Waals surface area contributed by atoms with Gasteiger partial charge in [-0.2, -0.15) is 0 Å². The lowest BCUT2D eigenvalue weighted by Gasteiger charge is -2.11. The third kappa shape index (κ3) is 5.93. The lowest BCUT2D eigenvalue weighted by atomic mass is 10.1. The van der Waals surface area contributed by atoms with E-state index < -0.39 is 10.0 Å². The minimum absolute atomic E-state index is 0.0123. The molecule has 8 heteroatoms. The summed E-state index contributed by atoms with van der Waals surface area (Å²) < 4.78 is 26.5. The Kier molecular flexibility index (Phi) is 7.05. The van der Waals surface area contributed by atoms with Crippen molar-refractivity contribution < 1.29 is 13.2 Å². The lowest BCUT2D eigenvalue weighted by Crippen LogP contribution is -2.28. The zero-order valence-electron chi connectivity index (χ0n) is 14.0. The molecule has 0 spiro atoms. The van der Waals surface area contributed by atoms with Gasteiger partial charge in [0, 0.05) is 37.6 Å². The highest BCUT2D eigenvalue weighted by Gasteiger charge is 2.14. The van der Waals surface area contributed by atoms with E-state index in [1.165, 1.54) is 18.5 Å². The molecule has 25 heavy (non-hydrogen) atoms. The van der Waals surface area contributed by atoms with Crippen LogP contribution in [0.4, 0.5) is 5.69 Å². The van der Waals surface area contributed by atoms with Gasteiger partial charge in [0.2, 0.25) is 15.9 Å². The van der Waals surface area contributed by atoms with Crippen molar-refractivity contribution in [3.63, 3.8) is 0 Å². The summed E-state index contributed by atoms with van der Waals surface area (Å²) in [6.45, 7) is 3.51. The quantitative estimate of drug-likeness (QED) is 0.628. The summed E-state index contributed by atoms with van der Waals surface area (Å²) in [5, 5.41) is 6.03. The molecule has 0 atom stereocenters. The Balaban J connectivity index is 1.87. The summed E-state index contributed by atoms with van der Waals surface area (Å²) in [6, 6.07) is 10.5. The van der Waals surface area contributed by atoms with E-state index in [1.807, 2.05) is 31.2 Å². The van der Waals surface area contributed by atoms with Gasteiger partial charge in [0.15, 0.2) is 0 Å². The Bertz CT molecular complexity index is 795. The first kappa shape index (κ1) is 19.0. The number of anilines is 1. The third-order valence-electron chi connectivity index (χ3n) is 3.45. The molecule has 0 radical (unpaired) electrons. The van der Waals surface area contributed by atoms with Gasteiger partial charge in [-0.05, 0) is 30.3 Å². The fourth-order valence-corrected chi connectivity index (χ4v) is 3.15. The molecule has 0 aliphatic heterocycles. The Morgan fingerprint density at radius 3 is 2.68 bits per heavy atom. The van der Waals surface area contributed by atoms with Gasteiger partial charge >= 0.3 is 0 Å². The summed E-state index contributed by atoms with van der Waals surface area (Å²) in [5.41, 5.74) is 1.71. The maximum atomic E-state index is 12.1. The van der Waals surface area contributed by atoms with Crippen LogP contribution in [0.15, 0.2) is 53.7 Å². The average molecular weight is 362 g/mol. The van der Waals surface area contributed by atoms with Gasteiger partial charge in [-0.3, -0.25) is 9.78 Å². The van der Waals surface area contributed by atoms with Crippen molar-refractivity contribution in [1.29, 1.82) is 0 Å². The van der Waals surface area contributed by atoms with Crippen molar-refractivity contribution in [2.75, 3.05) is 18.4 Å². The van der Waals surface area contributed by atoms with Gasteiger partial charge in [0.25, 0.3) is 0 Å². The number of hydrogen-bond acceptors (Lipinski definition) is 5. The number of nitrogens with zero attached hydrogens (tertiary/aromatic N) is 1. The molecule has 3 N–H and O–H groups in total. The number of hydrogen-bond donors (Lipinski definition) is 3. The topological polar surface area (TPSA) is 100 Å². The van der Waals surface area contributed by atoms with Crippen LogP contribution < -0.4 is 15.4 Å². The maximum Gasteiger partial charge on any atom is 0.242 e. The summed E-state index contributed by atoms with van der Waals surface area (Å²) in [7, 11) is -3.65. The molecule has 0 aliphatic carbocycles. The van der Waals surface area contributed by atoms with Crippen molar-refractivity contribution in [2.24, 2.45) is 0 Å². The van der Waals surface area contributed by atoms with Crippen LogP contribution in [0, 0.1) is 0 Å². The molecule has 0 bridgehead atoms. The molecule has 2 aromatic rings. The van der Waals surface area contributed by atoms with Crippen LogP contribution in [0.5, 0.6) is 0 Å². The fraction of sp³-hybridized carbons (Fsp3) is 0.294. The van der Waals surface area contributed by atoms with Crippen LogP contribution in [-0.4, -0.2) is 32.4 Å². The Hall–Kier alpha value is -2.29. The largest absolute Gasteiger partial charge is 0.326 e. The van der Waals surface area contributed by atoms with E-state index in [0.717, 1.165) is 17.8 Å². The van der Waals surface area contributed by atoms with E-state index in [9.17, 15) is 13.2 Å². The van der Waals surface area contributed by atoms with E-state index in [-0.39, 0.29) is 23.8 Å². The minimum atomic E-state index is -3.65. The Labute approximate surface area is 147 Å². The predicted molar refractivity (Wildman–Crippen MR) is 96.5 cm³/mol. The second kappa shape index (κ2) is 9.26. The van der Waals surface area contributed by atoms with Gasteiger partial charge in [-0.1, -0.05) is 25.1 Å². The minimum Gasteiger partial charge on any atom is -0.326 e. The van der Waals surface area contributed by atoms with Crippen LogP contribution in [0.3, 0.4) is 0 Å². The zero-order valence-corrected chi connectivity index (χ0v) is 14.8. The first-order valence-corrected chi connectivity index (χ1v) is 9.49. The molecule has 0 fully saturated rings. The van der Waals surface area contributed by atoms with E-state index >= 15 is 0 Å². The highest BCUT2D eigenvalue weighted by atomic mass is 32.2. The van der Waals surface area contributed by atoms with Crippen molar-refractivity contribution >= 4 is 21.6 Å². The number of carbonyl (C=O) groups excluding carboxylic acids is 1. The maximum absolute atomic E-state index is 12.1. The van der Waals surface area contributed by atoms with Crippen molar-refractivity contribution in [3.8, 4) is 0 Å². The molecular formula is C17H22N4O3S. The molecule has 1 amide bonds. The first-order chi connectivity index (χ1) is 12.0. The smallest absolute Gasteiger partial charge is 0.242 e. The number of sulfonamides is 1. The number of rotatable bonds is 9. The molecular weight excluding hydrogens is 340 g/mol. The molecule has 1 aromatic carbocycles. The number of amides is 1. The molecule has 2 rings (SSSR count). The van der Waals surface area contributed by atoms with Crippen LogP contribution in [0.2, 0.25) is 0 Å². The van der Waals surface area contributed by atoms with Crippen LogP contribution in [-0.2, 0) is 21.4 Å². The van der Waals surface area contributed by atoms with E-state index in [1.54, 1.807) is 6.07 Å². The van der Waals surface area contributed by atoms with Crippen LogP contribution >= 0.6 is 0 Å². The zero-order chi connectivity index (χ0) is 18.1. The van der Waals surface area contributed by atoms with Gasteiger partial charge < -0.3 is 10.6 Å². The van der Waals surface area contributed by atoms with E-state index in [0.29, 0.717) is 6.54 Å². The summed E-state index contributed by atoms with van der Waals surface area (Å²) in [4.78, 5) is 15.9. The van der Waals surface area contributed by atoms with Crippen LogP contribution in [0.25, 0.3) is 0 Å². The highest BCUT2D eigenvalue weighted by Crippen LogP contribution is 2.15. The van der Waals surface area contributed by atoms with E-state index in [4.69, 9.17) is 0 Å². The molecule has 7 nitrogen and oxygen atoms in total. The number of carbonyl (C=O) groups is 1. The number of benzene rings is 1. The Morgan fingerprint density at radius 2 is 1.96 bits per heavy atom. The second-order valence-electron chi connectivity index (χ2n) is 5.32. The standard InChI is InChI=1S/C17H22N4O3S/c1-2-18-12-14-6-3-4-8-16(14)21-17(22)9-11-20-25(23,24)15-7-5-10-19-13-15/h3-8,10,13,18,20H,2,9,11-12H2,1H3,(H,21,22). The summed E-state index contributed by atoms with van der Waals surface area (Å²) in [5.74, 6) is -0.252. The lowest BCUT2D eigenvalue weighted by molar-refractivity contribution is -0.116. The van der Waals surface area contributed by atoms with Crippen molar-refractivity contribution in [1.82, 2.24) is 15.0 Å². The predicted octanol–water partition coefficient (Wildman–Crippen LogP) is 1.50. The highest BCUT2D eigenvalue weighted by molar-refractivity contribution is 7.89. The SMILES string of the molecule is CCNCc1ccccc1NC(=O)CCNS(=O)(=O)c1cccnc1. The third-order valence-corrected chi connectivity index (χ3v) is 4.89. The summed E-state index contributed by atoms with van der Waals surface area (Å²) in [6.07, 6.45) is 2.80. The summed E-state index contributed by atoms with van der Waals surface area (Å²) >= 11 is 0. The number of pyridine rings is 1. The molecule has 0 unspecified atom stereocenters. The molecule has 1 aromatic heterocycles. The molecule has 0 saturated carbocycles. The average Bonchev–Trinajstić information content (AvgIpc) is 2.61. The van der Waals surface area contributed by atoms with Gasteiger partial charge in [0.05, 0.1) is 0 Å². The van der Waals surface area contributed by atoms with E-state index in [2.05, 4.69) is 20.3 Å². The van der Waals surface area contributed by atoms with Gasteiger partial charge in [0.1, 0.15) is 4.90 Å². The van der Waals surface area contributed by atoms with Crippen LogP contribution in [0.1, 0.15) is 18.9 Å². The molecule has 1 heterocycles.